The number of ether oxygens (including phenoxy) is 1. The van der Waals surface area contributed by atoms with Crippen LogP contribution in [0.1, 0.15) is 45.1 Å². The van der Waals surface area contributed by atoms with Crippen LogP contribution < -0.4 is 11.5 Å². The van der Waals surface area contributed by atoms with Crippen LogP contribution in [0.5, 0.6) is 0 Å². The number of nitrogens with zero attached hydrogens (tertiary/aromatic N) is 3. The molecule has 0 heterocycles. The standard InChI is InChI=1S/C16H24N4O2.H2NO3/c1-12(2)22-15(21)11-7-6-10-14(19-20-16(17)18)13-8-4-3-5-9-13;2-1(3)4/h3-5,8-9,12H,6-7,10-11H2,1-2H3,(H4,17,18,20);(H2,2,3,4)/q;+1/b19-14+;. The summed E-state index contributed by atoms with van der Waals surface area (Å²) in [6, 6.07) is 9.70. The summed E-state index contributed by atoms with van der Waals surface area (Å²) < 4.78 is 5.10. The van der Waals surface area contributed by atoms with Crippen LogP contribution in [0.15, 0.2) is 40.5 Å². The number of carbonyl (C=O) groups excluding carboxylic acids is 1. The molecule has 0 radical (unpaired) electrons. The van der Waals surface area contributed by atoms with Crippen molar-refractivity contribution in [2.75, 3.05) is 0 Å². The lowest BCUT2D eigenvalue weighted by Crippen LogP contribution is -2.22. The van der Waals surface area contributed by atoms with Crippen molar-refractivity contribution in [2.24, 2.45) is 21.7 Å². The van der Waals surface area contributed by atoms with Gasteiger partial charge in [-0.05, 0) is 38.7 Å². The molecule has 1 rings (SSSR count). The number of benzene rings is 1. The number of guanidine groups is 1. The number of unbranched alkanes of at least 4 members (excludes halogenated alkanes) is 1. The van der Waals surface area contributed by atoms with E-state index in [0.717, 1.165) is 24.1 Å². The van der Waals surface area contributed by atoms with E-state index in [0.29, 0.717) is 12.8 Å². The van der Waals surface area contributed by atoms with Gasteiger partial charge in [-0.1, -0.05) is 30.3 Å². The SMILES string of the molecule is CC(C)OC(=O)CCCC/C(=N\N=C(N)N)c1ccccc1.O=[N+](O)O. The number of nitrogens with two attached hydrogens (primary N) is 2. The van der Waals surface area contributed by atoms with Crippen molar-refractivity contribution in [3.63, 3.8) is 0 Å². The number of hydrogen-bond donors (Lipinski definition) is 4. The summed E-state index contributed by atoms with van der Waals surface area (Å²) in [7, 11) is 0. The van der Waals surface area contributed by atoms with Gasteiger partial charge in [0.25, 0.3) is 0 Å². The Hall–Kier alpha value is -3.17. The van der Waals surface area contributed by atoms with Crippen LogP contribution in [0.3, 0.4) is 0 Å². The van der Waals surface area contributed by atoms with E-state index < -0.39 is 5.09 Å². The van der Waals surface area contributed by atoms with Crippen LogP contribution in [0.25, 0.3) is 0 Å². The van der Waals surface area contributed by atoms with E-state index in [1.807, 2.05) is 44.2 Å². The van der Waals surface area contributed by atoms with Crippen LogP contribution in [0.2, 0.25) is 0 Å². The van der Waals surface area contributed by atoms with E-state index in [4.69, 9.17) is 31.5 Å². The lowest BCUT2D eigenvalue weighted by molar-refractivity contribution is -0.969. The fourth-order valence-electron chi connectivity index (χ4n) is 1.88. The van der Waals surface area contributed by atoms with Crippen LogP contribution in [0.4, 0.5) is 0 Å². The summed E-state index contributed by atoms with van der Waals surface area (Å²) in [6.07, 6.45) is 2.56. The Morgan fingerprint density at radius 1 is 1.12 bits per heavy atom. The zero-order valence-electron chi connectivity index (χ0n) is 14.9. The highest BCUT2D eigenvalue weighted by Gasteiger charge is 2.07. The van der Waals surface area contributed by atoms with Gasteiger partial charge in [0, 0.05) is 6.42 Å². The summed E-state index contributed by atoms with van der Waals surface area (Å²) >= 11 is 0. The molecule has 10 nitrogen and oxygen atoms in total. The first-order valence-electron chi connectivity index (χ1n) is 7.97. The number of esters is 1. The molecule has 6 N–H and O–H groups in total. The van der Waals surface area contributed by atoms with E-state index >= 15 is 0 Å². The van der Waals surface area contributed by atoms with Gasteiger partial charge >= 0.3 is 11.1 Å². The topological polar surface area (TPSA) is 164 Å². The minimum absolute atomic E-state index is 0.0733. The molecule has 0 aliphatic heterocycles. The van der Waals surface area contributed by atoms with Gasteiger partial charge in [0.15, 0.2) is 0 Å². The highest BCUT2D eigenvalue weighted by Crippen LogP contribution is 2.10. The second-order valence-electron chi connectivity index (χ2n) is 5.44. The average molecular weight is 368 g/mol. The van der Waals surface area contributed by atoms with Crippen molar-refractivity contribution < 1.29 is 25.0 Å². The summed E-state index contributed by atoms with van der Waals surface area (Å²) in [5, 5.41) is 20.3. The third kappa shape index (κ3) is 13.3. The Morgan fingerprint density at radius 2 is 1.65 bits per heavy atom. The van der Waals surface area contributed by atoms with E-state index in [2.05, 4.69) is 10.2 Å². The predicted octanol–water partition coefficient (Wildman–Crippen LogP) is 1.72. The third-order valence-electron chi connectivity index (χ3n) is 2.80. The molecule has 0 aliphatic rings. The Morgan fingerprint density at radius 3 is 2.15 bits per heavy atom. The highest BCUT2D eigenvalue weighted by atomic mass is 16.9. The maximum Gasteiger partial charge on any atom is 0.472 e. The van der Waals surface area contributed by atoms with Crippen LogP contribution in [0, 0.1) is 4.91 Å². The second-order valence-corrected chi connectivity index (χ2v) is 5.44. The molecule has 0 aliphatic carbocycles. The van der Waals surface area contributed by atoms with Gasteiger partial charge in [-0.15, -0.1) is 5.10 Å². The zero-order chi connectivity index (χ0) is 19.9. The van der Waals surface area contributed by atoms with Crippen LogP contribution >= 0.6 is 0 Å². The van der Waals surface area contributed by atoms with Gasteiger partial charge < -0.3 is 16.2 Å². The quantitative estimate of drug-likeness (QED) is 0.178. The first-order valence-corrected chi connectivity index (χ1v) is 7.97. The van der Waals surface area contributed by atoms with E-state index in [-0.39, 0.29) is 18.0 Å². The molecule has 10 heteroatoms. The van der Waals surface area contributed by atoms with Gasteiger partial charge in [-0.25, -0.2) is 10.4 Å². The number of carbonyl (C=O) groups is 1. The lowest BCUT2D eigenvalue weighted by Gasteiger charge is -2.08. The summed E-state index contributed by atoms with van der Waals surface area (Å²) in [4.78, 5) is 19.9. The first kappa shape index (κ1) is 22.8. The van der Waals surface area contributed by atoms with Gasteiger partial charge in [-0.3, -0.25) is 4.79 Å². The predicted molar refractivity (Wildman–Crippen MR) is 95.7 cm³/mol. The fraction of sp³-hybridized carbons (Fsp3) is 0.438. The Balaban J connectivity index is 0.00000141. The van der Waals surface area contributed by atoms with Crippen LogP contribution in [-0.2, 0) is 9.53 Å². The Bertz CT molecular complexity index is 609. The molecule has 1 aromatic rings. The monoisotopic (exact) mass is 368 g/mol. The molecule has 0 unspecified atom stereocenters. The maximum atomic E-state index is 11.5. The highest BCUT2D eigenvalue weighted by molar-refractivity contribution is 6.00. The van der Waals surface area contributed by atoms with Crippen molar-refractivity contribution in [3.05, 3.63) is 40.8 Å². The Kier molecular flexibility index (Phi) is 11.6. The molecule has 0 spiro atoms. The molecule has 0 bridgehead atoms. The summed E-state index contributed by atoms with van der Waals surface area (Å²) in [6.45, 7) is 3.68. The molecule has 144 valence electrons. The zero-order valence-corrected chi connectivity index (χ0v) is 14.9. The van der Waals surface area contributed by atoms with Gasteiger partial charge in [0.2, 0.25) is 5.96 Å². The van der Waals surface area contributed by atoms with Crippen molar-refractivity contribution >= 4 is 17.6 Å². The third-order valence-corrected chi connectivity index (χ3v) is 2.80. The molecule has 26 heavy (non-hydrogen) atoms. The van der Waals surface area contributed by atoms with E-state index in [1.54, 1.807) is 0 Å². The maximum absolute atomic E-state index is 11.5. The second kappa shape index (κ2) is 13.2. The molecule has 0 amide bonds. The molecule has 0 saturated carbocycles. The Labute approximate surface area is 151 Å². The van der Waals surface area contributed by atoms with Gasteiger partial charge in [0.05, 0.1) is 11.8 Å². The van der Waals surface area contributed by atoms with E-state index in [1.165, 1.54) is 0 Å². The first-order chi connectivity index (χ1) is 12.2. The molecule has 0 fully saturated rings. The fourth-order valence-corrected chi connectivity index (χ4v) is 1.88. The molecule has 0 aromatic heterocycles. The number of rotatable bonds is 8. The van der Waals surface area contributed by atoms with E-state index in [9.17, 15) is 4.79 Å². The lowest BCUT2D eigenvalue weighted by atomic mass is 10.0. The van der Waals surface area contributed by atoms with Crippen molar-refractivity contribution in [1.82, 2.24) is 0 Å². The van der Waals surface area contributed by atoms with Crippen molar-refractivity contribution in [2.45, 2.75) is 45.6 Å². The molecule has 1 aromatic carbocycles. The molecule has 0 saturated heterocycles. The normalized spacial score (nSPS) is 10.5. The largest absolute Gasteiger partial charge is 0.472 e. The van der Waals surface area contributed by atoms with Crippen molar-refractivity contribution in [1.29, 1.82) is 0 Å². The van der Waals surface area contributed by atoms with Gasteiger partial charge in [-0.2, -0.15) is 5.10 Å². The summed E-state index contributed by atoms with van der Waals surface area (Å²) in [5.74, 6) is -0.244. The average Bonchev–Trinajstić information content (AvgIpc) is 2.53. The number of hydrogen-bond acceptors (Lipinski definition) is 5. The minimum atomic E-state index is -1.25. The molecular formula is C16H26N5O5+. The molecular weight excluding hydrogens is 342 g/mol. The molecule has 0 atom stereocenters. The van der Waals surface area contributed by atoms with Crippen molar-refractivity contribution in [3.8, 4) is 0 Å². The smallest absolute Gasteiger partial charge is 0.463 e. The summed E-state index contributed by atoms with van der Waals surface area (Å²) in [5.41, 5.74) is 12.4. The van der Waals surface area contributed by atoms with Crippen LogP contribution in [-0.4, -0.2) is 39.2 Å². The minimum Gasteiger partial charge on any atom is -0.463 e. The van der Waals surface area contributed by atoms with Gasteiger partial charge in [0.1, 0.15) is 4.91 Å².